The maximum Gasteiger partial charge on any atom is 0.306 e. The van der Waals surface area contributed by atoms with Gasteiger partial charge in [0.2, 0.25) is 0 Å². The van der Waals surface area contributed by atoms with Crippen LogP contribution >= 0.6 is 0 Å². The average Bonchev–Trinajstić information content (AvgIpc) is 3.34. The van der Waals surface area contributed by atoms with Crippen LogP contribution in [0.1, 0.15) is 290 Å². The van der Waals surface area contributed by atoms with E-state index in [2.05, 4.69) is 87.6 Å². The average molecular weight is 950 g/mol. The lowest BCUT2D eigenvalue weighted by Crippen LogP contribution is -2.30. The Morgan fingerprint density at radius 3 is 1.03 bits per heavy atom. The van der Waals surface area contributed by atoms with Crippen LogP contribution in [-0.4, -0.2) is 37.9 Å². The molecule has 0 spiro atoms. The molecule has 394 valence electrons. The summed E-state index contributed by atoms with van der Waals surface area (Å²) in [7, 11) is 0. The lowest BCUT2D eigenvalue weighted by atomic mass is 10.0. The number of ether oxygens (including phenoxy) is 3. The molecule has 0 aromatic heterocycles. The summed E-state index contributed by atoms with van der Waals surface area (Å²) >= 11 is 0. The summed E-state index contributed by atoms with van der Waals surface area (Å²) < 4.78 is 17.4. The third-order valence-electron chi connectivity index (χ3n) is 12.8. The van der Waals surface area contributed by atoms with Gasteiger partial charge < -0.3 is 14.2 Å². The van der Waals surface area contributed by atoms with E-state index in [1.54, 1.807) is 0 Å². The van der Waals surface area contributed by atoms with E-state index in [1.807, 2.05) is 6.08 Å². The van der Waals surface area contributed by atoms with Crippen LogP contribution < -0.4 is 0 Å². The zero-order valence-electron chi connectivity index (χ0n) is 45.4. The fourth-order valence-corrected chi connectivity index (χ4v) is 8.42. The van der Waals surface area contributed by atoms with Crippen LogP contribution in [0.5, 0.6) is 0 Å². The molecule has 0 fully saturated rings. The van der Waals surface area contributed by atoms with Gasteiger partial charge in [0.15, 0.2) is 6.10 Å². The molecular weight excluding hydrogens is 837 g/mol. The van der Waals surface area contributed by atoms with Gasteiger partial charge in [-0.25, -0.2) is 0 Å². The minimum absolute atomic E-state index is 0.0479. The smallest absolute Gasteiger partial charge is 0.306 e. The van der Waals surface area contributed by atoms with Crippen LogP contribution in [-0.2, 0) is 23.8 Å². The van der Waals surface area contributed by atoms with Crippen LogP contribution in [0.3, 0.4) is 0 Å². The van der Waals surface area contributed by atoms with E-state index in [1.165, 1.54) is 186 Å². The van der Waals surface area contributed by atoms with Gasteiger partial charge in [0, 0.05) is 19.4 Å². The highest BCUT2D eigenvalue weighted by atomic mass is 16.6. The minimum Gasteiger partial charge on any atom is -0.462 e. The molecule has 0 aliphatic carbocycles. The summed E-state index contributed by atoms with van der Waals surface area (Å²) in [4.78, 5) is 25.5. The number of esters is 2. The number of carbonyl (C=O) groups is 2. The molecule has 0 N–H and O–H groups in total. The van der Waals surface area contributed by atoms with Crippen molar-refractivity contribution in [3.05, 3.63) is 72.9 Å². The Morgan fingerprint density at radius 1 is 0.338 bits per heavy atom. The second kappa shape index (κ2) is 58.7. The summed E-state index contributed by atoms with van der Waals surface area (Å²) in [6, 6.07) is 0. The van der Waals surface area contributed by atoms with Gasteiger partial charge in [0.05, 0.1) is 6.61 Å². The van der Waals surface area contributed by atoms with E-state index in [9.17, 15) is 9.59 Å². The Hall–Kier alpha value is -2.66. The molecular formula is C63H112O5. The van der Waals surface area contributed by atoms with Crippen LogP contribution in [0.25, 0.3) is 0 Å². The predicted octanol–water partition coefficient (Wildman–Crippen LogP) is 20.2. The van der Waals surface area contributed by atoms with Crippen molar-refractivity contribution in [2.45, 2.75) is 297 Å². The fourth-order valence-electron chi connectivity index (χ4n) is 8.42. The normalized spacial score (nSPS) is 12.7. The molecule has 5 nitrogen and oxygen atoms in total. The Morgan fingerprint density at radius 2 is 0.662 bits per heavy atom. The molecule has 68 heavy (non-hydrogen) atoms. The van der Waals surface area contributed by atoms with Crippen molar-refractivity contribution in [1.29, 1.82) is 0 Å². The Kier molecular flexibility index (Phi) is 56.4. The Labute approximate surface area is 423 Å². The third-order valence-corrected chi connectivity index (χ3v) is 12.8. The van der Waals surface area contributed by atoms with E-state index in [0.717, 1.165) is 64.2 Å². The number of allylic oxidation sites excluding steroid dienone is 12. The van der Waals surface area contributed by atoms with Crippen molar-refractivity contribution in [2.75, 3.05) is 19.8 Å². The van der Waals surface area contributed by atoms with Crippen molar-refractivity contribution in [2.24, 2.45) is 0 Å². The molecule has 0 bridgehead atoms. The minimum atomic E-state index is -0.565. The lowest BCUT2D eigenvalue weighted by Gasteiger charge is -2.18. The first-order chi connectivity index (χ1) is 33.6. The van der Waals surface area contributed by atoms with Crippen molar-refractivity contribution in [3.8, 4) is 0 Å². The SMILES string of the molecule is CC/C=C\C/C=C\C/C=C\C/C=C\C/C=C\C/C=C\CCC(=O)OCC(COCCCCCCCCCCCCCCCC)OC(=O)CCCCCCCCCCCCCCCCCCCCC. The van der Waals surface area contributed by atoms with Gasteiger partial charge in [-0.1, -0.05) is 293 Å². The monoisotopic (exact) mass is 949 g/mol. The van der Waals surface area contributed by atoms with Gasteiger partial charge in [-0.15, -0.1) is 0 Å². The van der Waals surface area contributed by atoms with E-state index in [0.29, 0.717) is 25.9 Å². The molecule has 0 aromatic rings. The highest BCUT2D eigenvalue weighted by Gasteiger charge is 2.17. The van der Waals surface area contributed by atoms with Crippen LogP contribution in [0.4, 0.5) is 0 Å². The molecule has 0 saturated heterocycles. The number of unbranched alkanes of at least 4 members (excludes halogenated alkanes) is 31. The van der Waals surface area contributed by atoms with Crippen molar-refractivity contribution in [1.82, 2.24) is 0 Å². The lowest BCUT2D eigenvalue weighted by molar-refractivity contribution is -0.162. The largest absolute Gasteiger partial charge is 0.462 e. The summed E-state index contributed by atoms with van der Waals surface area (Å²) in [6.07, 6.45) is 76.5. The highest BCUT2D eigenvalue weighted by molar-refractivity contribution is 5.70. The molecule has 5 heteroatoms. The standard InChI is InChI=1S/C63H112O5/c1-4-7-10-13-16-19-22-25-28-30-32-34-36-38-41-44-47-50-53-56-62(64)67-60-61(59-66-58-55-52-49-46-43-40-27-24-21-18-15-12-9-6-3)68-63(65)57-54-51-48-45-42-39-37-35-33-31-29-26-23-20-17-14-11-8-5-2/h7,10,16,19,25,28,32,34,38,41,47,50,61H,4-6,8-9,11-15,17-18,20-24,26-27,29-31,33,35-37,39-40,42-46,48-49,51-60H2,1-3H3/b10-7-,19-16-,28-25-,34-32-,41-38-,50-47-. The van der Waals surface area contributed by atoms with Crippen LogP contribution in [0.15, 0.2) is 72.9 Å². The molecule has 0 heterocycles. The maximum atomic E-state index is 12.9. The van der Waals surface area contributed by atoms with Crippen molar-refractivity contribution < 1.29 is 23.8 Å². The van der Waals surface area contributed by atoms with Gasteiger partial charge in [-0.3, -0.25) is 9.59 Å². The van der Waals surface area contributed by atoms with Gasteiger partial charge in [-0.05, 0) is 57.8 Å². The number of hydrogen-bond acceptors (Lipinski definition) is 5. The third kappa shape index (κ3) is 55.9. The summed E-state index contributed by atoms with van der Waals surface area (Å²) in [5.41, 5.74) is 0. The molecule has 0 amide bonds. The van der Waals surface area contributed by atoms with Gasteiger partial charge in [0.25, 0.3) is 0 Å². The van der Waals surface area contributed by atoms with Gasteiger partial charge in [-0.2, -0.15) is 0 Å². The molecule has 0 rings (SSSR count). The molecule has 1 atom stereocenters. The summed E-state index contributed by atoms with van der Waals surface area (Å²) in [5, 5.41) is 0. The zero-order valence-corrected chi connectivity index (χ0v) is 45.4. The summed E-state index contributed by atoms with van der Waals surface area (Å²) in [5.74, 6) is -0.479. The van der Waals surface area contributed by atoms with Crippen molar-refractivity contribution in [3.63, 3.8) is 0 Å². The quantitative estimate of drug-likeness (QED) is 0.0345. The van der Waals surface area contributed by atoms with Crippen LogP contribution in [0.2, 0.25) is 0 Å². The molecule has 0 radical (unpaired) electrons. The van der Waals surface area contributed by atoms with E-state index >= 15 is 0 Å². The van der Waals surface area contributed by atoms with Crippen LogP contribution in [0, 0.1) is 0 Å². The van der Waals surface area contributed by atoms with E-state index < -0.39 is 6.10 Å². The Balaban J connectivity index is 4.33. The van der Waals surface area contributed by atoms with E-state index in [4.69, 9.17) is 14.2 Å². The molecule has 1 unspecified atom stereocenters. The molecule has 0 aromatic carbocycles. The maximum absolute atomic E-state index is 12.9. The zero-order chi connectivity index (χ0) is 49.2. The Bertz CT molecular complexity index is 1210. The van der Waals surface area contributed by atoms with Crippen molar-refractivity contribution >= 4 is 11.9 Å². The number of hydrogen-bond donors (Lipinski definition) is 0. The predicted molar refractivity (Wildman–Crippen MR) is 297 cm³/mol. The molecule has 0 aliphatic heterocycles. The molecule has 0 aliphatic rings. The van der Waals surface area contributed by atoms with E-state index in [-0.39, 0.29) is 25.2 Å². The second-order valence-corrected chi connectivity index (χ2v) is 19.5. The topological polar surface area (TPSA) is 61.8 Å². The number of carbonyl (C=O) groups excluding carboxylic acids is 2. The highest BCUT2D eigenvalue weighted by Crippen LogP contribution is 2.16. The number of rotatable bonds is 54. The first kappa shape index (κ1) is 65.3. The summed E-state index contributed by atoms with van der Waals surface area (Å²) in [6.45, 7) is 7.69. The fraction of sp³-hybridized carbons (Fsp3) is 0.778. The first-order valence-electron chi connectivity index (χ1n) is 29.5. The van der Waals surface area contributed by atoms with Gasteiger partial charge >= 0.3 is 11.9 Å². The molecule has 0 saturated carbocycles. The first-order valence-corrected chi connectivity index (χ1v) is 29.5. The second-order valence-electron chi connectivity index (χ2n) is 19.5. The van der Waals surface area contributed by atoms with Gasteiger partial charge in [0.1, 0.15) is 6.61 Å².